The van der Waals surface area contributed by atoms with Crippen LogP contribution < -0.4 is 0 Å². The van der Waals surface area contributed by atoms with Crippen LogP contribution in [0.4, 0.5) is 0 Å². The van der Waals surface area contributed by atoms with E-state index in [1.807, 2.05) is 0 Å². The number of aliphatic hydroxyl groups excluding tert-OH is 5. The average molecular weight is 366 g/mol. The fraction of sp³-hybridized carbons (Fsp3) is 1.00. The molecule has 25 heavy (non-hydrogen) atoms. The van der Waals surface area contributed by atoms with Crippen LogP contribution in [0.25, 0.3) is 0 Å². The summed E-state index contributed by atoms with van der Waals surface area (Å²) in [7, 11) is 0. The van der Waals surface area contributed by atoms with Crippen LogP contribution in [0.3, 0.4) is 0 Å². The van der Waals surface area contributed by atoms with Gasteiger partial charge in [-0.2, -0.15) is 0 Å². The summed E-state index contributed by atoms with van der Waals surface area (Å²) in [6.07, 6.45) is -0.559. The average Bonchev–Trinajstić information content (AvgIpc) is 2.61. The van der Waals surface area contributed by atoms with Crippen molar-refractivity contribution < 1.29 is 39.7 Å². The molecule has 1 unspecified atom stereocenters. The van der Waals surface area contributed by atoms with Crippen LogP contribution >= 0.6 is 0 Å². The van der Waals surface area contributed by atoms with Crippen molar-refractivity contribution in [3.8, 4) is 0 Å². The monoisotopic (exact) mass is 366 g/mol. The first-order chi connectivity index (χ1) is 12.0. The quantitative estimate of drug-likeness (QED) is 0.277. The lowest BCUT2D eigenvalue weighted by Crippen LogP contribution is -2.59. The summed E-state index contributed by atoms with van der Waals surface area (Å²) in [6.45, 7) is 2.18. The first-order valence-electron chi connectivity index (χ1n) is 9.19. The van der Waals surface area contributed by atoms with Gasteiger partial charge in [0.2, 0.25) is 0 Å². The van der Waals surface area contributed by atoms with E-state index in [0.29, 0.717) is 6.61 Å². The highest BCUT2D eigenvalue weighted by Gasteiger charge is 2.44. The van der Waals surface area contributed by atoms with E-state index in [1.54, 1.807) is 0 Å². The van der Waals surface area contributed by atoms with Gasteiger partial charge in [0.25, 0.3) is 0 Å². The van der Waals surface area contributed by atoms with Gasteiger partial charge in [0.05, 0.1) is 19.8 Å². The van der Waals surface area contributed by atoms with E-state index < -0.39 is 43.4 Å². The van der Waals surface area contributed by atoms with Gasteiger partial charge >= 0.3 is 0 Å². The predicted molar refractivity (Wildman–Crippen MR) is 89.9 cm³/mol. The Labute approximate surface area is 149 Å². The number of unbranched alkanes of at least 4 members (excludes halogenated alkanes) is 5. The summed E-state index contributed by atoms with van der Waals surface area (Å²) >= 11 is 0. The van der Waals surface area contributed by atoms with Crippen LogP contribution in [-0.4, -0.2) is 88.8 Å². The lowest BCUT2D eigenvalue weighted by atomic mass is 9.99. The van der Waals surface area contributed by atoms with Crippen molar-refractivity contribution in [3.63, 3.8) is 0 Å². The molecule has 8 heteroatoms. The minimum absolute atomic E-state index is 0.104. The zero-order valence-electron chi connectivity index (χ0n) is 15.0. The lowest BCUT2D eigenvalue weighted by Gasteiger charge is -2.39. The van der Waals surface area contributed by atoms with E-state index in [9.17, 15) is 20.4 Å². The molecule has 0 radical (unpaired) electrons. The van der Waals surface area contributed by atoms with Gasteiger partial charge in [-0.05, 0) is 6.42 Å². The van der Waals surface area contributed by atoms with E-state index in [2.05, 4.69) is 6.92 Å². The van der Waals surface area contributed by atoms with Crippen LogP contribution in [-0.2, 0) is 14.2 Å². The van der Waals surface area contributed by atoms with E-state index in [1.165, 1.54) is 25.7 Å². The first kappa shape index (κ1) is 22.7. The van der Waals surface area contributed by atoms with Crippen LogP contribution in [0.15, 0.2) is 0 Å². The van der Waals surface area contributed by atoms with Gasteiger partial charge in [0, 0.05) is 6.61 Å². The Kier molecular flexibility index (Phi) is 11.8. The number of rotatable bonds is 13. The third kappa shape index (κ3) is 8.27. The second-order valence-electron chi connectivity index (χ2n) is 6.53. The Balaban J connectivity index is 2.13. The molecule has 0 aromatic rings. The third-order valence-electron chi connectivity index (χ3n) is 4.25. The van der Waals surface area contributed by atoms with Crippen molar-refractivity contribution in [2.75, 3.05) is 26.4 Å². The number of hydrogen-bond donors (Lipinski definition) is 5. The molecule has 0 aromatic carbocycles. The van der Waals surface area contributed by atoms with E-state index in [-0.39, 0.29) is 13.2 Å². The maximum Gasteiger partial charge on any atom is 0.186 e. The second-order valence-corrected chi connectivity index (χ2v) is 6.53. The zero-order valence-corrected chi connectivity index (χ0v) is 15.0. The highest BCUT2D eigenvalue weighted by Crippen LogP contribution is 2.22. The summed E-state index contributed by atoms with van der Waals surface area (Å²) < 4.78 is 15.8. The molecular weight excluding hydrogens is 332 g/mol. The molecule has 0 bridgehead atoms. The van der Waals surface area contributed by atoms with Crippen molar-refractivity contribution in [1.29, 1.82) is 0 Å². The van der Waals surface area contributed by atoms with Gasteiger partial charge in [-0.1, -0.05) is 39.0 Å². The normalized spacial score (nSPS) is 31.2. The molecule has 0 aliphatic carbocycles. The van der Waals surface area contributed by atoms with E-state index in [4.69, 9.17) is 19.3 Å². The zero-order chi connectivity index (χ0) is 18.7. The Morgan fingerprint density at radius 1 is 0.920 bits per heavy atom. The molecule has 0 spiro atoms. The Morgan fingerprint density at radius 3 is 2.28 bits per heavy atom. The molecular formula is C17H34O8. The summed E-state index contributed by atoms with van der Waals surface area (Å²) in [5, 5.41) is 48.1. The van der Waals surface area contributed by atoms with E-state index in [0.717, 1.165) is 12.8 Å². The summed E-state index contributed by atoms with van der Waals surface area (Å²) in [5.74, 6) is 0. The Morgan fingerprint density at radius 2 is 1.60 bits per heavy atom. The van der Waals surface area contributed by atoms with Crippen LogP contribution in [0.2, 0.25) is 0 Å². The molecule has 1 heterocycles. The molecule has 1 rings (SSSR count). The van der Waals surface area contributed by atoms with Crippen molar-refractivity contribution in [3.05, 3.63) is 0 Å². The smallest absolute Gasteiger partial charge is 0.186 e. The SMILES string of the molecule is CCCCCCCCOCC(O)CO[C@@H]1O[C@H](CO)[C@H](O)[C@H](O)[C@H]1O. The maximum absolute atomic E-state index is 9.83. The van der Waals surface area contributed by atoms with Gasteiger partial charge in [0.15, 0.2) is 6.29 Å². The van der Waals surface area contributed by atoms with Crippen LogP contribution in [0, 0.1) is 0 Å². The molecule has 150 valence electrons. The summed E-state index contributed by atoms with van der Waals surface area (Å²) in [4.78, 5) is 0. The van der Waals surface area contributed by atoms with Gasteiger partial charge in [-0.25, -0.2) is 0 Å². The Hall–Kier alpha value is -0.320. The summed E-state index contributed by atoms with van der Waals surface area (Å²) in [6, 6.07) is 0. The molecule has 1 fully saturated rings. The molecule has 1 aliphatic rings. The lowest BCUT2D eigenvalue weighted by molar-refractivity contribution is -0.305. The molecule has 0 aromatic heterocycles. The fourth-order valence-electron chi connectivity index (χ4n) is 2.66. The minimum atomic E-state index is -1.49. The van der Waals surface area contributed by atoms with Gasteiger partial charge < -0.3 is 39.7 Å². The molecule has 1 aliphatic heterocycles. The standard InChI is InChI=1S/C17H34O8/c1-2-3-4-5-6-7-8-23-10-12(19)11-24-17-16(22)15(21)14(20)13(9-18)25-17/h12-22H,2-11H2,1H3/t12?,13-,14+,15+,16-,17-/m1/s1. The summed E-state index contributed by atoms with van der Waals surface area (Å²) in [5.41, 5.74) is 0. The largest absolute Gasteiger partial charge is 0.394 e. The predicted octanol–water partition coefficient (Wildman–Crippen LogP) is -0.459. The van der Waals surface area contributed by atoms with Crippen molar-refractivity contribution in [2.45, 2.75) is 82.3 Å². The van der Waals surface area contributed by atoms with Crippen molar-refractivity contribution in [1.82, 2.24) is 0 Å². The van der Waals surface area contributed by atoms with Gasteiger partial charge in [-0.3, -0.25) is 0 Å². The van der Waals surface area contributed by atoms with Crippen LogP contribution in [0.5, 0.6) is 0 Å². The molecule has 1 saturated heterocycles. The minimum Gasteiger partial charge on any atom is -0.394 e. The first-order valence-corrected chi connectivity index (χ1v) is 9.19. The third-order valence-corrected chi connectivity index (χ3v) is 4.25. The molecule has 6 atom stereocenters. The molecule has 8 nitrogen and oxygen atoms in total. The molecule has 5 N–H and O–H groups in total. The van der Waals surface area contributed by atoms with Crippen LogP contribution in [0.1, 0.15) is 45.4 Å². The maximum atomic E-state index is 9.83. The van der Waals surface area contributed by atoms with Gasteiger partial charge in [-0.15, -0.1) is 0 Å². The highest BCUT2D eigenvalue weighted by atomic mass is 16.7. The fourth-order valence-corrected chi connectivity index (χ4v) is 2.66. The topological polar surface area (TPSA) is 129 Å². The Bertz CT molecular complexity index is 328. The van der Waals surface area contributed by atoms with Gasteiger partial charge in [0.1, 0.15) is 30.5 Å². The van der Waals surface area contributed by atoms with Crippen molar-refractivity contribution in [2.24, 2.45) is 0 Å². The number of ether oxygens (including phenoxy) is 3. The second kappa shape index (κ2) is 12.9. The molecule has 0 saturated carbocycles. The number of hydrogen-bond acceptors (Lipinski definition) is 8. The highest BCUT2D eigenvalue weighted by molar-refractivity contribution is 4.88. The van der Waals surface area contributed by atoms with E-state index >= 15 is 0 Å². The van der Waals surface area contributed by atoms with Crippen molar-refractivity contribution >= 4 is 0 Å². The number of aliphatic hydroxyl groups is 5. The molecule has 0 amide bonds.